The van der Waals surface area contributed by atoms with Gasteiger partial charge in [-0.25, -0.2) is 0 Å². The lowest BCUT2D eigenvalue weighted by atomic mass is 10.2. The van der Waals surface area contributed by atoms with E-state index in [1.54, 1.807) is 25.3 Å². The zero-order chi connectivity index (χ0) is 16.2. The Kier molecular flexibility index (Phi) is 4.69. The highest BCUT2D eigenvalue weighted by atomic mass is 35.5. The fourth-order valence-corrected chi connectivity index (χ4v) is 2.48. The Morgan fingerprint density at radius 3 is 2.78 bits per heavy atom. The molecule has 1 aromatic heterocycles. The summed E-state index contributed by atoms with van der Waals surface area (Å²) < 4.78 is 10.8. The maximum absolute atomic E-state index is 6.10. The van der Waals surface area contributed by atoms with E-state index in [0.29, 0.717) is 28.4 Å². The van der Waals surface area contributed by atoms with Crippen LogP contribution in [0.3, 0.4) is 0 Å². The smallest absolute Gasteiger partial charge is 0.247 e. The summed E-state index contributed by atoms with van der Waals surface area (Å²) in [6.07, 6.45) is 0. The Labute approximate surface area is 143 Å². The third kappa shape index (κ3) is 3.75. The summed E-state index contributed by atoms with van der Waals surface area (Å²) in [7, 11) is 1.61. The minimum absolute atomic E-state index is 0.359. The molecular formula is C16H13Cl2N3O2. The van der Waals surface area contributed by atoms with Gasteiger partial charge in [-0.15, -0.1) is 10.2 Å². The van der Waals surface area contributed by atoms with Gasteiger partial charge in [-0.05, 0) is 36.4 Å². The van der Waals surface area contributed by atoms with Crippen LogP contribution in [0.15, 0.2) is 46.9 Å². The first-order chi connectivity index (χ1) is 11.2. The summed E-state index contributed by atoms with van der Waals surface area (Å²) in [5, 5.41) is 12.3. The summed E-state index contributed by atoms with van der Waals surface area (Å²) in [4.78, 5) is 0. The van der Waals surface area contributed by atoms with Gasteiger partial charge in [0.25, 0.3) is 0 Å². The van der Waals surface area contributed by atoms with Crippen LogP contribution in [0.2, 0.25) is 10.0 Å². The number of nitrogens with zero attached hydrogens (tertiary/aromatic N) is 2. The van der Waals surface area contributed by atoms with E-state index in [1.807, 2.05) is 24.3 Å². The number of ether oxygens (including phenoxy) is 1. The molecule has 23 heavy (non-hydrogen) atoms. The van der Waals surface area contributed by atoms with Gasteiger partial charge in [0.05, 0.1) is 24.4 Å². The highest BCUT2D eigenvalue weighted by molar-refractivity contribution is 6.36. The Morgan fingerprint density at radius 2 is 2.00 bits per heavy atom. The summed E-state index contributed by atoms with van der Waals surface area (Å²) in [5.74, 6) is 1.62. The van der Waals surface area contributed by atoms with Crippen LogP contribution in [0.4, 0.5) is 5.69 Å². The Bertz CT molecular complexity index is 821. The van der Waals surface area contributed by atoms with Crippen molar-refractivity contribution in [1.29, 1.82) is 0 Å². The van der Waals surface area contributed by atoms with Crippen LogP contribution >= 0.6 is 23.2 Å². The van der Waals surface area contributed by atoms with Crippen molar-refractivity contribution in [2.24, 2.45) is 0 Å². The molecule has 0 bridgehead atoms. The van der Waals surface area contributed by atoms with Crippen molar-refractivity contribution in [3.8, 4) is 17.2 Å². The number of nitrogens with one attached hydrogen (secondary N) is 1. The number of aromatic nitrogens is 2. The molecule has 1 heterocycles. The summed E-state index contributed by atoms with van der Waals surface area (Å²) >= 11 is 12.0. The second kappa shape index (κ2) is 6.89. The number of hydrogen-bond acceptors (Lipinski definition) is 5. The lowest BCUT2D eigenvalue weighted by Crippen LogP contribution is -2.00. The topological polar surface area (TPSA) is 60.2 Å². The van der Waals surface area contributed by atoms with Gasteiger partial charge in [0.2, 0.25) is 11.8 Å². The van der Waals surface area contributed by atoms with Crippen molar-refractivity contribution >= 4 is 28.9 Å². The van der Waals surface area contributed by atoms with Gasteiger partial charge in [0.1, 0.15) is 5.75 Å². The predicted molar refractivity (Wildman–Crippen MR) is 90.1 cm³/mol. The second-order valence-electron chi connectivity index (χ2n) is 4.71. The van der Waals surface area contributed by atoms with E-state index in [9.17, 15) is 0 Å². The molecule has 0 amide bonds. The molecular weight excluding hydrogens is 337 g/mol. The molecule has 0 fully saturated rings. The van der Waals surface area contributed by atoms with E-state index < -0.39 is 0 Å². The SMILES string of the molecule is COc1cccc(-c2nnc(CNc3ccc(Cl)cc3Cl)o2)c1. The monoisotopic (exact) mass is 349 g/mol. The number of anilines is 1. The molecule has 1 N–H and O–H groups in total. The van der Waals surface area contributed by atoms with Gasteiger partial charge in [0.15, 0.2) is 0 Å². The zero-order valence-corrected chi connectivity index (χ0v) is 13.7. The average Bonchev–Trinajstić information content (AvgIpc) is 3.03. The third-order valence-electron chi connectivity index (χ3n) is 3.14. The minimum atomic E-state index is 0.359. The van der Waals surface area contributed by atoms with E-state index in [2.05, 4.69) is 15.5 Å². The van der Waals surface area contributed by atoms with Crippen LogP contribution in [0.25, 0.3) is 11.5 Å². The first kappa shape index (κ1) is 15.6. The number of halogens is 2. The maximum atomic E-state index is 6.10. The molecule has 118 valence electrons. The fraction of sp³-hybridized carbons (Fsp3) is 0.125. The van der Waals surface area contributed by atoms with Crippen LogP contribution in [0.1, 0.15) is 5.89 Å². The van der Waals surface area contributed by atoms with E-state index in [-0.39, 0.29) is 0 Å². The highest BCUT2D eigenvalue weighted by Gasteiger charge is 2.10. The predicted octanol–water partition coefficient (Wildman–Crippen LogP) is 4.66. The largest absolute Gasteiger partial charge is 0.497 e. The number of rotatable bonds is 5. The summed E-state index contributed by atoms with van der Waals surface area (Å²) in [5.41, 5.74) is 1.55. The van der Waals surface area contributed by atoms with Crippen LogP contribution < -0.4 is 10.1 Å². The van der Waals surface area contributed by atoms with Gasteiger partial charge in [-0.3, -0.25) is 0 Å². The number of hydrogen-bond donors (Lipinski definition) is 1. The van der Waals surface area contributed by atoms with E-state index in [0.717, 1.165) is 17.0 Å². The van der Waals surface area contributed by atoms with Gasteiger partial charge in [-0.2, -0.15) is 0 Å². The summed E-state index contributed by atoms with van der Waals surface area (Å²) in [6.45, 7) is 0.359. The zero-order valence-electron chi connectivity index (χ0n) is 12.2. The molecule has 0 aliphatic rings. The maximum Gasteiger partial charge on any atom is 0.247 e. The molecule has 3 rings (SSSR count). The lowest BCUT2D eigenvalue weighted by molar-refractivity contribution is 0.414. The van der Waals surface area contributed by atoms with E-state index in [4.69, 9.17) is 32.4 Å². The van der Waals surface area contributed by atoms with Crippen molar-refractivity contribution < 1.29 is 9.15 Å². The number of methoxy groups -OCH3 is 1. The van der Waals surface area contributed by atoms with Gasteiger partial charge >= 0.3 is 0 Å². The molecule has 0 spiro atoms. The highest BCUT2D eigenvalue weighted by Crippen LogP contribution is 2.26. The second-order valence-corrected chi connectivity index (χ2v) is 5.55. The molecule has 0 aliphatic carbocycles. The van der Waals surface area contributed by atoms with E-state index >= 15 is 0 Å². The molecule has 0 saturated carbocycles. The average molecular weight is 350 g/mol. The first-order valence-electron chi connectivity index (χ1n) is 6.81. The lowest BCUT2D eigenvalue weighted by Gasteiger charge is -2.06. The van der Waals surface area contributed by atoms with Crippen molar-refractivity contribution in [2.45, 2.75) is 6.54 Å². The fourth-order valence-electron chi connectivity index (χ4n) is 2.00. The molecule has 3 aromatic rings. The summed E-state index contributed by atoms with van der Waals surface area (Å²) in [6, 6.07) is 12.6. The molecule has 0 saturated heterocycles. The van der Waals surface area contributed by atoms with Crippen LogP contribution in [-0.2, 0) is 6.54 Å². The van der Waals surface area contributed by atoms with Gasteiger partial charge in [0, 0.05) is 10.6 Å². The standard InChI is InChI=1S/C16H13Cl2N3O2/c1-22-12-4-2-3-10(7-12)16-21-20-15(23-16)9-19-14-6-5-11(17)8-13(14)18/h2-8,19H,9H2,1H3. The van der Waals surface area contributed by atoms with Crippen molar-refractivity contribution in [3.63, 3.8) is 0 Å². The number of benzene rings is 2. The molecule has 0 unspecified atom stereocenters. The molecule has 7 heteroatoms. The van der Waals surface area contributed by atoms with Crippen molar-refractivity contribution in [3.05, 3.63) is 58.4 Å². The minimum Gasteiger partial charge on any atom is -0.497 e. The van der Waals surface area contributed by atoms with Crippen molar-refractivity contribution in [1.82, 2.24) is 10.2 Å². The van der Waals surface area contributed by atoms with Gasteiger partial charge < -0.3 is 14.5 Å². The van der Waals surface area contributed by atoms with E-state index in [1.165, 1.54) is 0 Å². The Hall–Kier alpha value is -2.24. The molecule has 0 atom stereocenters. The molecule has 0 aliphatic heterocycles. The van der Waals surface area contributed by atoms with Gasteiger partial charge in [-0.1, -0.05) is 29.3 Å². The Morgan fingerprint density at radius 1 is 1.13 bits per heavy atom. The normalized spacial score (nSPS) is 10.6. The van der Waals surface area contributed by atoms with Crippen LogP contribution in [0, 0.1) is 0 Å². The molecule has 5 nitrogen and oxygen atoms in total. The molecule has 0 radical (unpaired) electrons. The first-order valence-corrected chi connectivity index (χ1v) is 7.57. The third-order valence-corrected chi connectivity index (χ3v) is 3.69. The quantitative estimate of drug-likeness (QED) is 0.725. The van der Waals surface area contributed by atoms with Crippen LogP contribution in [-0.4, -0.2) is 17.3 Å². The van der Waals surface area contributed by atoms with Crippen LogP contribution in [0.5, 0.6) is 5.75 Å². The van der Waals surface area contributed by atoms with Crippen molar-refractivity contribution in [2.75, 3.05) is 12.4 Å². The Balaban J connectivity index is 1.72. The molecule has 2 aromatic carbocycles.